The second-order valence-electron chi connectivity index (χ2n) is 6.26. The molecule has 1 aromatic heterocycles. The summed E-state index contributed by atoms with van der Waals surface area (Å²) in [5.41, 5.74) is 0.473. The lowest BCUT2D eigenvalue weighted by molar-refractivity contribution is -0.157. The first-order valence-electron chi connectivity index (χ1n) is 8.49. The summed E-state index contributed by atoms with van der Waals surface area (Å²) in [5.74, 6) is -0.934. The van der Waals surface area contributed by atoms with E-state index in [0.717, 1.165) is 0 Å². The molecule has 1 unspecified atom stereocenters. The second-order valence-corrected chi connectivity index (χ2v) is 6.26. The maximum absolute atomic E-state index is 12.6. The number of nitrogens with one attached hydrogen (secondary N) is 1. The fourth-order valence-electron chi connectivity index (χ4n) is 2.96. The summed E-state index contributed by atoms with van der Waals surface area (Å²) in [6.45, 7) is 0.635. The minimum atomic E-state index is -4.69. The smallest absolute Gasteiger partial charge is 0.470 e. The molecule has 1 aromatic carbocycles. The standard InChI is InChI=1S/C17H19F3N4O4/c1-26-12-6-11(7-13(8-12)27-2)21-16(25)24-5-3-4-10(9-24)14-22-23-15(28-14)17(18,19)20/h6-8,10H,3-5,9H2,1-2H3,(H,21,25). The van der Waals surface area contributed by atoms with Crippen LogP contribution in [0.15, 0.2) is 22.6 Å². The number of anilines is 1. The van der Waals surface area contributed by atoms with Crippen molar-refractivity contribution in [1.82, 2.24) is 15.1 Å². The Morgan fingerprint density at radius 1 is 1.21 bits per heavy atom. The van der Waals surface area contributed by atoms with Crippen LogP contribution < -0.4 is 14.8 Å². The number of alkyl halides is 3. The van der Waals surface area contributed by atoms with E-state index in [1.807, 2.05) is 0 Å². The molecule has 8 nitrogen and oxygen atoms in total. The highest BCUT2D eigenvalue weighted by molar-refractivity contribution is 5.90. The van der Waals surface area contributed by atoms with Crippen LogP contribution in [0.1, 0.15) is 30.5 Å². The highest BCUT2D eigenvalue weighted by atomic mass is 19.4. The number of halogens is 3. The van der Waals surface area contributed by atoms with Gasteiger partial charge < -0.3 is 24.1 Å². The Kier molecular flexibility index (Phi) is 5.61. The number of amides is 2. The molecule has 2 aromatic rings. The first kappa shape index (κ1) is 19.8. The van der Waals surface area contributed by atoms with Crippen molar-refractivity contribution in [1.29, 1.82) is 0 Å². The zero-order valence-corrected chi connectivity index (χ0v) is 15.2. The van der Waals surface area contributed by atoms with Crippen LogP contribution in [0, 0.1) is 0 Å². The molecule has 1 saturated heterocycles. The Morgan fingerprint density at radius 2 is 1.89 bits per heavy atom. The topological polar surface area (TPSA) is 89.7 Å². The van der Waals surface area contributed by atoms with Crippen LogP contribution >= 0.6 is 0 Å². The molecule has 0 aliphatic carbocycles. The van der Waals surface area contributed by atoms with E-state index in [1.165, 1.54) is 19.1 Å². The molecule has 1 fully saturated rings. The molecule has 3 rings (SSSR count). The number of benzene rings is 1. The average molecular weight is 400 g/mol. The van der Waals surface area contributed by atoms with Gasteiger partial charge in [-0.2, -0.15) is 13.2 Å². The number of carbonyl (C=O) groups excluding carboxylic acids is 1. The number of methoxy groups -OCH3 is 2. The highest BCUT2D eigenvalue weighted by Crippen LogP contribution is 2.32. The predicted octanol–water partition coefficient (Wildman–Crippen LogP) is 3.52. The molecule has 11 heteroatoms. The molecule has 0 bridgehead atoms. The lowest BCUT2D eigenvalue weighted by Gasteiger charge is -2.31. The number of rotatable bonds is 4. The summed E-state index contributed by atoms with van der Waals surface area (Å²) >= 11 is 0. The van der Waals surface area contributed by atoms with Crippen molar-refractivity contribution in [3.63, 3.8) is 0 Å². The summed E-state index contributed by atoms with van der Waals surface area (Å²) in [6.07, 6.45) is -3.54. The largest absolute Gasteiger partial charge is 0.497 e. The molecule has 1 aliphatic rings. The van der Waals surface area contributed by atoms with Gasteiger partial charge in [0.15, 0.2) is 0 Å². The van der Waals surface area contributed by atoms with Gasteiger partial charge in [-0.3, -0.25) is 0 Å². The Balaban J connectivity index is 1.69. The van der Waals surface area contributed by atoms with Crippen molar-refractivity contribution in [3.05, 3.63) is 30.0 Å². The van der Waals surface area contributed by atoms with Gasteiger partial charge in [-0.1, -0.05) is 0 Å². The number of urea groups is 1. The van der Waals surface area contributed by atoms with Crippen LogP contribution in [0.2, 0.25) is 0 Å². The number of hydrogen-bond donors (Lipinski definition) is 1. The average Bonchev–Trinajstić information content (AvgIpc) is 3.18. The number of likely N-dealkylation sites (tertiary alicyclic amines) is 1. The number of ether oxygens (including phenoxy) is 2. The number of nitrogens with zero attached hydrogens (tertiary/aromatic N) is 3. The predicted molar refractivity (Wildman–Crippen MR) is 91.4 cm³/mol. The van der Waals surface area contributed by atoms with Gasteiger partial charge in [0, 0.05) is 37.0 Å². The van der Waals surface area contributed by atoms with Gasteiger partial charge in [0.05, 0.1) is 20.1 Å². The molecule has 1 aliphatic heterocycles. The van der Waals surface area contributed by atoms with E-state index < -0.39 is 24.0 Å². The SMILES string of the molecule is COc1cc(NC(=O)N2CCCC(c3nnc(C(F)(F)F)o3)C2)cc(OC)c1. The van der Waals surface area contributed by atoms with E-state index in [2.05, 4.69) is 15.5 Å². The molecular weight excluding hydrogens is 381 g/mol. The second kappa shape index (κ2) is 7.95. The number of hydrogen-bond acceptors (Lipinski definition) is 6. The Hall–Kier alpha value is -2.98. The maximum Gasteiger partial charge on any atom is 0.470 e. The Morgan fingerprint density at radius 3 is 2.46 bits per heavy atom. The number of carbonyl (C=O) groups is 1. The molecule has 152 valence electrons. The van der Waals surface area contributed by atoms with Crippen molar-refractivity contribution < 1.29 is 31.9 Å². The molecule has 0 saturated carbocycles. The zero-order valence-electron chi connectivity index (χ0n) is 15.2. The van der Waals surface area contributed by atoms with Crippen LogP contribution in [0.4, 0.5) is 23.7 Å². The number of aromatic nitrogens is 2. The van der Waals surface area contributed by atoms with Crippen LogP contribution in [0.5, 0.6) is 11.5 Å². The first-order chi connectivity index (χ1) is 13.3. The molecule has 2 heterocycles. The summed E-state index contributed by atoms with van der Waals surface area (Å²) in [7, 11) is 2.99. The normalized spacial score (nSPS) is 17.3. The van der Waals surface area contributed by atoms with Crippen LogP contribution in [-0.4, -0.2) is 48.4 Å². The van der Waals surface area contributed by atoms with Crippen molar-refractivity contribution in [2.45, 2.75) is 24.9 Å². The summed E-state index contributed by atoms with van der Waals surface area (Å²) in [4.78, 5) is 14.1. The van der Waals surface area contributed by atoms with Crippen LogP contribution in [-0.2, 0) is 6.18 Å². The number of piperidine rings is 1. The summed E-state index contributed by atoms with van der Waals surface area (Å²) in [5, 5.41) is 9.29. The van der Waals surface area contributed by atoms with Gasteiger partial charge in [0.2, 0.25) is 5.89 Å². The van der Waals surface area contributed by atoms with Crippen molar-refractivity contribution in [2.24, 2.45) is 0 Å². The van der Waals surface area contributed by atoms with E-state index >= 15 is 0 Å². The lowest BCUT2D eigenvalue weighted by atomic mass is 9.98. The first-order valence-corrected chi connectivity index (χ1v) is 8.49. The quantitative estimate of drug-likeness (QED) is 0.845. The molecule has 2 amide bonds. The third-order valence-corrected chi connectivity index (χ3v) is 4.34. The van der Waals surface area contributed by atoms with Crippen molar-refractivity contribution in [3.8, 4) is 11.5 Å². The molecular formula is C17H19F3N4O4. The molecule has 0 spiro atoms. The fourth-order valence-corrected chi connectivity index (χ4v) is 2.96. The van der Waals surface area contributed by atoms with E-state index in [1.54, 1.807) is 18.2 Å². The molecule has 0 radical (unpaired) electrons. The van der Waals surface area contributed by atoms with Crippen molar-refractivity contribution in [2.75, 3.05) is 32.6 Å². The van der Waals surface area contributed by atoms with Crippen molar-refractivity contribution >= 4 is 11.7 Å². The molecule has 28 heavy (non-hydrogen) atoms. The van der Waals surface area contributed by atoms with Gasteiger partial charge in [-0.05, 0) is 12.8 Å². The monoisotopic (exact) mass is 400 g/mol. The maximum atomic E-state index is 12.6. The Labute approximate surface area is 158 Å². The fraction of sp³-hybridized carbons (Fsp3) is 0.471. The van der Waals surface area contributed by atoms with Gasteiger partial charge in [0.1, 0.15) is 11.5 Å². The summed E-state index contributed by atoms with van der Waals surface area (Å²) in [6, 6.07) is 4.54. The van der Waals surface area contributed by atoms with E-state index in [9.17, 15) is 18.0 Å². The third-order valence-electron chi connectivity index (χ3n) is 4.34. The Bertz CT molecular complexity index is 818. The van der Waals surface area contributed by atoms with Crippen LogP contribution in [0.3, 0.4) is 0 Å². The minimum absolute atomic E-state index is 0.118. The van der Waals surface area contributed by atoms with E-state index in [4.69, 9.17) is 13.9 Å². The van der Waals surface area contributed by atoms with Gasteiger partial charge in [0.25, 0.3) is 0 Å². The third kappa shape index (κ3) is 4.46. The van der Waals surface area contributed by atoms with Gasteiger partial charge in [-0.25, -0.2) is 4.79 Å². The van der Waals surface area contributed by atoms with E-state index in [0.29, 0.717) is 36.6 Å². The van der Waals surface area contributed by atoms with Crippen LogP contribution in [0.25, 0.3) is 0 Å². The van der Waals surface area contributed by atoms with E-state index in [-0.39, 0.29) is 12.4 Å². The van der Waals surface area contributed by atoms with Gasteiger partial charge in [-0.15, -0.1) is 10.2 Å². The molecule has 1 atom stereocenters. The molecule has 1 N–H and O–H groups in total. The highest BCUT2D eigenvalue weighted by Gasteiger charge is 2.39. The lowest BCUT2D eigenvalue weighted by Crippen LogP contribution is -2.41. The minimum Gasteiger partial charge on any atom is -0.497 e. The van der Waals surface area contributed by atoms with Gasteiger partial charge >= 0.3 is 18.1 Å². The zero-order chi connectivity index (χ0) is 20.3. The summed E-state index contributed by atoms with van der Waals surface area (Å²) < 4.78 is 53.0.